The number of rotatable bonds is 5. The van der Waals surface area contributed by atoms with Crippen LogP contribution in [0.3, 0.4) is 0 Å². The molecule has 0 unspecified atom stereocenters. The predicted octanol–water partition coefficient (Wildman–Crippen LogP) is 3.24. The van der Waals surface area contributed by atoms with E-state index in [9.17, 15) is 9.59 Å². The maximum absolute atomic E-state index is 11.8. The zero-order chi connectivity index (χ0) is 16.9. The first kappa shape index (κ1) is 15.9. The molecule has 0 aliphatic rings. The molecule has 0 atom stereocenters. The number of nitrogens with zero attached hydrogens (tertiary/aromatic N) is 1. The Morgan fingerprint density at radius 1 is 1.25 bits per heavy atom. The van der Waals surface area contributed by atoms with E-state index in [1.165, 1.54) is 16.9 Å². The summed E-state index contributed by atoms with van der Waals surface area (Å²) in [6, 6.07) is 11.2. The highest BCUT2D eigenvalue weighted by atomic mass is 32.1. The Hall–Kier alpha value is -2.93. The number of carbonyl (C=O) groups is 2. The van der Waals surface area contributed by atoms with Crippen molar-refractivity contribution in [2.45, 2.75) is 6.92 Å². The van der Waals surface area contributed by atoms with Gasteiger partial charge in [0, 0.05) is 17.1 Å². The molecule has 6 nitrogen and oxygen atoms in total. The van der Waals surface area contributed by atoms with E-state index in [2.05, 4.69) is 15.3 Å². The molecule has 0 aliphatic heterocycles. The van der Waals surface area contributed by atoms with E-state index in [4.69, 9.17) is 4.74 Å². The molecular weight excluding hydrogens is 326 g/mol. The maximum atomic E-state index is 11.8. The minimum Gasteiger partial charge on any atom is -0.451 e. The van der Waals surface area contributed by atoms with Crippen LogP contribution in [0.25, 0.3) is 11.3 Å². The van der Waals surface area contributed by atoms with Crippen LogP contribution in [0.4, 0.5) is 5.13 Å². The largest absolute Gasteiger partial charge is 0.451 e. The number of aromatic amines is 1. The fourth-order valence-electron chi connectivity index (χ4n) is 2.01. The minimum atomic E-state index is -0.574. The number of aromatic nitrogens is 2. The third-order valence-electron chi connectivity index (χ3n) is 3.25. The monoisotopic (exact) mass is 341 g/mol. The number of anilines is 1. The van der Waals surface area contributed by atoms with Gasteiger partial charge >= 0.3 is 5.97 Å². The number of hydrogen-bond donors (Lipinski definition) is 2. The molecule has 24 heavy (non-hydrogen) atoms. The van der Waals surface area contributed by atoms with Crippen molar-refractivity contribution in [3.05, 3.63) is 59.2 Å². The van der Waals surface area contributed by atoms with Gasteiger partial charge in [0.1, 0.15) is 5.69 Å². The molecule has 2 aromatic heterocycles. The molecule has 0 spiro atoms. The van der Waals surface area contributed by atoms with Gasteiger partial charge < -0.3 is 9.72 Å². The van der Waals surface area contributed by atoms with E-state index >= 15 is 0 Å². The Kier molecular flexibility index (Phi) is 4.72. The van der Waals surface area contributed by atoms with Crippen LogP contribution in [0, 0.1) is 6.92 Å². The second kappa shape index (κ2) is 7.10. The first-order valence-electron chi connectivity index (χ1n) is 7.25. The van der Waals surface area contributed by atoms with Crippen molar-refractivity contribution in [2.24, 2.45) is 0 Å². The first-order chi connectivity index (χ1) is 11.6. The van der Waals surface area contributed by atoms with Gasteiger partial charge in [0.05, 0.1) is 5.69 Å². The summed E-state index contributed by atoms with van der Waals surface area (Å²) < 4.78 is 4.92. The first-order valence-corrected chi connectivity index (χ1v) is 8.13. The van der Waals surface area contributed by atoms with Gasteiger partial charge in [-0.25, -0.2) is 9.78 Å². The molecule has 122 valence electrons. The lowest BCUT2D eigenvalue weighted by Crippen LogP contribution is -2.20. The zero-order valence-electron chi connectivity index (χ0n) is 12.9. The summed E-state index contributed by atoms with van der Waals surface area (Å²) in [5.74, 6) is -1.01. The average Bonchev–Trinajstić information content (AvgIpc) is 3.25. The van der Waals surface area contributed by atoms with Crippen molar-refractivity contribution in [2.75, 3.05) is 11.9 Å². The van der Waals surface area contributed by atoms with Gasteiger partial charge in [0.25, 0.3) is 5.91 Å². The summed E-state index contributed by atoms with van der Waals surface area (Å²) in [6.45, 7) is 1.66. The lowest BCUT2D eigenvalue weighted by atomic mass is 10.1. The van der Waals surface area contributed by atoms with Gasteiger partial charge in [0.2, 0.25) is 0 Å². The summed E-state index contributed by atoms with van der Waals surface area (Å²) in [4.78, 5) is 30.6. The van der Waals surface area contributed by atoms with E-state index in [0.717, 1.165) is 11.3 Å². The standard InChI is InChI=1S/C17H15N3O3S/c1-11-4-6-12(7-5-11)14-10-24-17(19-14)20-15(21)9-23-16(22)13-3-2-8-18-13/h2-8,10,18H,9H2,1H3,(H,19,20,21). The fourth-order valence-corrected chi connectivity index (χ4v) is 2.75. The molecule has 0 aliphatic carbocycles. The summed E-state index contributed by atoms with van der Waals surface area (Å²) in [5, 5.41) is 4.96. The van der Waals surface area contributed by atoms with Crippen LogP contribution in [0.5, 0.6) is 0 Å². The van der Waals surface area contributed by atoms with E-state index < -0.39 is 11.9 Å². The van der Waals surface area contributed by atoms with Crippen molar-refractivity contribution < 1.29 is 14.3 Å². The summed E-state index contributed by atoms with van der Waals surface area (Å²) in [7, 11) is 0. The van der Waals surface area contributed by atoms with Gasteiger partial charge in [-0.15, -0.1) is 11.3 Å². The molecule has 7 heteroatoms. The highest BCUT2D eigenvalue weighted by Gasteiger charge is 2.12. The molecule has 2 heterocycles. The van der Waals surface area contributed by atoms with Gasteiger partial charge in [-0.3, -0.25) is 10.1 Å². The quantitative estimate of drug-likeness (QED) is 0.698. The Labute approximate surface area is 142 Å². The number of thiazole rings is 1. The van der Waals surface area contributed by atoms with Crippen molar-refractivity contribution in [1.82, 2.24) is 9.97 Å². The summed E-state index contributed by atoms with van der Waals surface area (Å²) in [6.07, 6.45) is 1.61. The fraction of sp³-hybridized carbons (Fsp3) is 0.118. The van der Waals surface area contributed by atoms with Gasteiger partial charge in [0.15, 0.2) is 11.7 Å². The molecule has 3 rings (SSSR count). The third-order valence-corrected chi connectivity index (χ3v) is 4.01. The van der Waals surface area contributed by atoms with Crippen LogP contribution in [-0.4, -0.2) is 28.5 Å². The lowest BCUT2D eigenvalue weighted by molar-refractivity contribution is -0.119. The molecule has 0 bridgehead atoms. The van der Waals surface area contributed by atoms with Crippen molar-refractivity contribution in [3.8, 4) is 11.3 Å². The number of carbonyl (C=O) groups excluding carboxylic acids is 2. The van der Waals surface area contributed by atoms with E-state index in [-0.39, 0.29) is 6.61 Å². The Morgan fingerprint density at radius 2 is 2.04 bits per heavy atom. The van der Waals surface area contributed by atoms with Crippen LogP contribution in [0.15, 0.2) is 48.0 Å². The number of ether oxygens (including phenoxy) is 1. The normalized spacial score (nSPS) is 10.4. The number of aryl methyl sites for hydroxylation is 1. The van der Waals surface area contributed by atoms with Gasteiger partial charge in [-0.05, 0) is 19.1 Å². The van der Waals surface area contributed by atoms with Crippen LogP contribution < -0.4 is 5.32 Å². The second-order valence-electron chi connectivity index (χ2n) is 5.11. The molecular formula is C17H15N3O3S. The molecule has 2 N–H and O–H groups in total. The smallest absolute Gasteiger partial charge is 0.355 e. The number of benzene rings is 1. The van der Waals surface area contributed by atoms with E-state index in [1.54, 1.807) is 18.3 Å². The minimum absolute atomic E-state index is 0.304. The Morgan fingerprint density at radius 3 is 2.75 bits per heavy atom. The summed E-state index contributed by atoms with van der Waals surface area (Å²) >= 11 is 1.32. The molecule has 0 fully saturated rings. The van der Waals surface area contributed by atoms with Crippen molar-refractivity contribution in [1.29, 1.82) is 0 Å². The second-order valence-corrected chi connectivity index (χ2v) is 5.97. The number of H-pyrrole nitrogens is 1. The number of amides is 1. The van der Waals surface area contributed by atoms with Crippen molar-refractivity contribution in [3.63, 3.8) is 0 Å². The van der Waals surface area contributed by atoms with Gasteiger partial charge in [-0.1, -0.05) is 29.8 Å². The van der Waals surface area contributed by atoms with Crippen LogP contribution in [0.1, 0.15) is 16.1 Å². The lowest BCUT2D eigenvalue weighted by Gasteiger charge is -2.03. The molecule has 0 saturated carbocycles. The number of nitrogens with one attached hydrogen (secondary N) is 2. The third kappa shape index (κ3) is 3.88. The highest BCUT2D eigenvalue weighted by molar-refractivity contribution is 7.14. The summed E-state index contributed by atoms with van der Waals surface area (Å²) in [5.41, 5.74) is 3.25. The van der Waals surface area contributed by atoms with Crippen LogP contribution in [0.2, 0.25) is 0 Å². The van der Waals surface area contributed by atoms with Gasteiger partial charge in [-0.2, -0.15) is 0 Å². The SMILES string of the molecule is Cc1ccc(-c2csc(NC(=O)COC(=O)c3ccc[nH]3)n2)cc1. The molecule has 0 saturated heterocycles. The maximum Gasteiger partial charge on any atom is 0.355 e. The van der Waals surface area contributed by atoms with E-state index in [0.29, 0.717) is 10.8 Å². The number of hydrogen-bond acceptors (Lipinski definition) is 5. The Balaban J connectivity index is 1.55. The predicted molar refractivity (Wildman–Crippen MR) is 92.0 cm³/mol. The topological polar surface area (TPSA) is 84.1 Å². The average molecular weight is 341 g/mol. The highest BCUT2D eigenvalue weighted by Crippen LogP contribution is 2.25. The van der Waals surface area contributed by atoms with Crippen LogP contribution >= 0.6 is 11.3 Å². The molecule has 1 amide bonds. The van der Waals surface area contributed by atoms with E-state index in [1.807, 2.05) is 36.6 Å². The zero-order valence-corrected chi connectivity index (χ0v) is 13.7. The molecule has 1 aromatic carbocycles. The van der Waals surface area contributed by atoms with Crippen LogP contribution in [-0.2, 0) is 9.53 Å². The molecule has 3 aromatic rings. The number of esters is 1. The van der Waals surface area contributed by atoms with Crippen molar-refractivity contribution >= 4 is 28.3 Å². The Bertz CT molecular complexity index is 838. The molecule has 0 radical (unpaired) electrons.